The Kier molecular flexibility index (Phi) is 3.50. The fraction of sp³-hybridized carbons (Fsp3) is 0.333. The van der Waals surface area contributed by atoms with Crippen molar-refractivity contribution in [2.24, 2.45) is 0 Å². The van der Waals surface area contributed by atoms with E-state index >= 15 is 0 Å². The first kappa shape index (κ1) is 13.8. The largest absolute Gasteiger partial charge is 0.489 e. The van der Waals surface area contributed by atoms with Crippen molar-refractivity contribution in [3.63, 3.8) is 0 Å². The van der Waals surface area contributed by atoms with Crippen LogP contribution < -0.4 is 15.2 Å². The maximum atomic E-state index is 5.99. The lowest BCUT2D eigenvalue weighted by atomic mass is 10.1. The van der Waals surface area contributed by atoms with Crippen molar-refractivity contribution >= 4 is 5.69 Å². The van der Waals surface area contributed by atoms with Crippen molar-refractivity contribution in [1.82, 2.24) is 0 Å². The Morgan fingerprint density at radius 1 is 1.19 bits per heavy atom. The molecule has 1 unspecified atom stereocenters. The molecule has 21 heavy (non-hydrogen) atoms. The van der Waals surface area contributed by atoms with E-state index < -0.39 is 0 Å². The van der Waals surface area contributed by atoms with Gasteiger partial charge in [0.05, 0.1) is 0 Å². The minimum absolute atomic E-state index is 0.0713. The van der Waals surface area contributed by atoms with Crippen LogP contribution in [0.25, 0.3) is 0 Å². The van der Waals surface area contributed by atoms with Gasteiger partial charge in [0.1, 0.15) is 24.2 Å². The lowest BCUT2D eigenvalue weighted by Gasteiger charge is -2.16. The molecule has 0 aromatic heterocycles. The van der Waals surface area contributed by atoms with E-state index in [2.05, 4.69) is 19.1 Å². The molecular formula is C18H21NO2. The number of hydrogen-bond donors (Lipinski definition) is 1. The van der Waals surface area contributed by atoms with Crippen molar-refractivity contribution in [3.8, 4) is 11.5 Å². The van der Waals surface area contributed by atoms with Crippen LogP contribution >= 0.6 is 0 Å². The maximum absolute atomic E-state index is 5.99. The number of nitrogen functional groups attached to an aromatic ring is 1. The number of nitrogens with two attached hydrogens (primary N) is 1. The molecule has 3 rings (SSSR count). The molecule has 2 N–H and O–H groups in total. The van der Waals surface area contributed by atoms with Crippen LogP contribution in [0.15, 0.2) is 30.3 Å². The van der Waals surface area contributed by atoms with E-state index in [0.717, 1.165) is 34.7 Å². The van der Waals surface area contributed by atoms with Crippen molar-refractivity contribution in [2.75, 3.05) is 12.3 Å². The van der Waals surface area contributed by atoms with Crippen LogP contribution in [0.4, 0.5) is 5.69 Å². The van der Waals surface area contributed by atoms with Gasteiger partial charge in [-0.15, -0.1) is 0 Å². The maximum Gasteiger partial charge on any atom is 0.137 e. The number of hydrogen-bond acceptors (Lipinski definition) is 3. The molecule has 0 aliphatic carbocycles. The summed E-state index contributed by atoms with van der Waals surface area (Å²) in [5, 5.41) is 0. The molecule has 0 spiro atoms. The van der Waals surface area contributed by atoms with E-state index in [4.69, 9.17) is 15.2 Å². The van der Waals surface area contributed by atoms with Gasteiger partial charge in [-0.3, -0.25) is 0 Å². The molecule has 1 heterocycles. The Balaban J connectivity index is 1.69. The third-order valence-corrected chi connectivity index (χ3v) is 4.02. The summed E-state index contributed by atoms with van der Waals surface area (Å²) in [6.07, 6.45) is 0.972. The van der Waals surface area contributed by atoms with Crippen molar-refractivity contribution in [3.05, 3.63) is 52.6 Å². The molecule has 110 valence electrons. The highest BCUT2D eigenvalue weighted by Crippen LogP contribution is 2.31. The summed E-state index contributed by atoms with van der Waals surface area (Å²) in [5.74, 6) is 1.86. The van der Waals surface area contributed by atoms with Crippen LogP contribution in [-0.2, 0) is 6.42 Å². The summed E-state index contributed by atoms with van der Waals surface area (Å²) in [6.45, 7) is 6.67. The standard InChI is InChI=1S/C18H21NO2/c1-11-4-7-17-14(8-11)9-15(21-17)10-20-18-12(2)5-6-16(19)13(18)3/h4-8,15H,9-10,19H2,1-3H3. The lowest BCUT2D eigenvalue weighted by molar-refractivity contribution is 0.147. The quantitative estimate of drug-likeness (QED) is 0.876. The summed E-state index contributed by atoms with van der Waals surface area (Å²) in [6, 6.07) is 10.2. The smallest absolute Gasteiger partial charge is 0.137 e. The van der Waals surface area contributed by atoms with Gasteiger partial charge in [0.2, 0.25) is 0 Å². The Bertz CT molecular complexity index is 679. The summed E-state index contributed by atoms with van der Waals surface area (Å²) in [5.41, 5.74) is 11.4. The number of rotatable bonds is 3. The highest BCUT2D eigenvalue weighted by atomic mass is 16.5. The average Bonchev–Trinajstić information content (AvgIpc) is 2.85. The van der Waals surface area contributed by atoms with Gasteiger partial charge in [-0.05, 0) is 44.0 Å². The monoisotopic (exact) mass is 283 g/mol. The zero-order valence-electron chi connectivity index (χ0n) is 12.8. The van der Waals surface area contributed by atoms with Gasteiger partial charge in [-0.2, -0.15) is 0 Å². The molecule has 1 aliphatic heterocycles. The van der Waals surface area contributed by atoms with Crippen LogP contribution in [0.2, 0.25) is 0 Å². The number of fused-ring (bicyclic) bond motifs is 1. The van der Waals surface area contributed by atoms with Gasteiger partial charge in [0, 0.05) is 17.7 Å². The van der Waals surface area contributed by atoms with Crippen LogP contribution in [0, 0.1) is 20.8 Å². The summed E-state index contributed by atoms with van der Waals surface area (Å²) in [7, 11) is 0. The third-order valence-electron chi connectivity index (χ3n) is 4.02. The molecule has 0 saturated heterocycles. The van der Waals surface area contributed by atoms with Crippen molar-refractivity contribution in [1.29, 1.82) is 0 Å². The van der Waals surface area contributed by atoms with E-state index in [1.54, 1.807) is 0 Å². The Labute approximate surface area is 125 Å². The fourth-order valence-electron chi connectivity index (χ4n) is 2.78. The first-order valence-electron chi connectivity index (χ1n) is 7.29. The topological polar surface area (TPSA) is 44.5 Å². The molecule has 0 bridgehead atoms. The summed E-state index contributed by atoms with van der Waals surface area (Å²) >= 11 is 0. The summed E-state index contributed by atoms with van der Waals surface area (Å²) < 4.78 is 11.9. The molecule has 2 aromatic rings. The zero-order chi connectivity index (χ0) is 15.0. The second kappa shape index (κ2) is 5.32. The third kappa shape index (κ3) is 2.68. The molecular weight excluding hydrogens is 262 g/mol. The van der Waals surface area contributed by atoms with Crippen LogP contribution in [0.1, 0.15) is 22.3 Å². The van der Waals surface area contributed by atoms with E-state index in [9.17, 15) is 0 Å². The first-order valence-corrected chi connectivity index (χ1v) is 7.29. The minimum Gasteiger partial charge on any atom is -0.489 e. The molecule has 3 nitrogen and oxygen atoms in total. The number of anilines is 1. The van der Waals surface area contributed by atoms with E-state index in [0.29, 0.717) is 6.61 Å². The van der Waals surface area contributed by atoms with Gasteiger partial charge in [0.25, 0.3) is 0 Å². The Morgan fingerprint density at radius 3 is 2.81 bits per heavy atom. The predicted octanol–water partition coefficient (Wildman–Crippen LogP) is 3.58. The van der Waals surface area contributed by atoms with E-state index in [1.165, 1.54) is 11.1 Å². The first-order chi connectivity index (χ1) is 10.0. The summed E-state index contributed by atoms with van der Waals surface area (Å²) in [4.78, 5) is 0. The van der Waals surface area contributed by atoms with Crippen molar-refractivity contribution in [2.45, 2.75) is 33.3 Å². The predicted molar refractivity (Wildman–Crippen MR) is 85.1 cm³/mol. The second-order valence-electron chi connectivity index (χ2n) is 5.79. The van der Waals surface area contributed by atoms with Gasteiger partial charge in [-0.25, -0.2) is 0 Å². The molecule has 2 aromatic carbocycles. The SMILES string of the molecule is Cc1ccc2c(c1)CC(COc1c(C)ccc(N)c1C)O2. The van der Waals surface area contributed by atoms with Gasteiger partial charge >= 0.3 is 0 Å². The van der Waals surface area contributed by atoms with Gasteiger partial charge in [-0.1, -0.05) is 23.8 Å². The Hall–Kier alpha value is -2.16. The number of benzene rings is 2. The Morgan fingerprint density at radius 2 is 2.00 bits per heavy atom. The second-order valence-corrected chi connectivity index (χ2v) is 5.79. The van der Waals surface area contributed by atoms with Crippen LogP contribution in [0.3, 0.4) is 0 Å². The lowest BCUT2D eigenvalue weighted by Crippen LogP contribution is -2.23. The van der Waals surface area contributed by atoms with Gasteiger partial charge < -0.3 is 15.2 Å². The minimum atomic E-state index is 0.0713. The molecule has 1 atom stereocenters. The number of ether oxygens (including phenoxy) is 2. The highest BCUT2D eigenvalue weighted by Gasteiger charge is 2.23. The highest BCUT2D eigenvalue weighted by molar-refractivity contribution is 5.56. The molecule has 0 radical (unpaired) electrons. The zero-order valence-corrected chi connectivity index (χ0v) is 12.8. The van der Waals surface area contributed by atoms with Crippen LogP contribution in [0.5, 0.6) is 11.5 Å². The molecule has 0 saturated carbocycles. The average molecular weight is 283 g/mol. The molecule has 1 aliphatic rings. The molecule has 0 fully saturated rings. The molecule has 0 amide bonds. The number of aryl methyl sites for hydroxylation is 2. The fourth-order valence-corrected chi connectivity index (χ4v) is 2.78. The van der Waals surface area contributed by atoms with Crippen molar-refractivity contribution < 1.29 is 9.47 Å². The normalized spacial score (nSPS) is 16.4. The van der Waals surface area contributed by atoms with Crippen LogP contribution in [-0.4, -0.2) is 12.7 Å². The van der Waals surface area contributed by atoms with E-state index in [-0.39, 0.29) is 6.10 Å². The van der Waals surface area contributed by atoms with E-state index in [1.807, 2.05) is 32.0 Å². The van der Waals surface area contributed by atoms with Gasteiger partial charge in [0.15, 0.2) is 0 Å². The molecule has 3 heteroatoms.